The summed E-state index contributed by atoms with van der Waals surface area (Å²) >= 11 is 12.1. The van der Waals surface area contributed by atoms with Crippen molar-refractivity contribution in [3.8, 4) is 11.5 Å². The van der Waals surface area contributed by atoms with Crippen molar-refractivity contribution in [1.29, 1.82) is 0 Å². The Labute approximate surface area is 179 Å². The Morgan fingerprint density at radius 1 is 1.17 bits per heavy atom. The van der Waals surface area contributed by atoms with Gasteiger partial charge in [-0.25, -0.2) is 4.79 Å². The molecule has 3 amide bonds. The molecule has 0 aromatic heterocycles. The number of carbonyl (C=O) groups is 2. The second kappa shape index (κ2) is 8.76. The maximum Gasteiger partial charge on any atom is 0.329 e. The van der Waals surface area contributed by atoms with Crippen molar-refractivity contribution < 1.29 is 19.1 Å². The average molecular weight is 435 g/mol. The first-order valence-electron chi connectivity index (χ1n) is 8.92. The predicted molar refractivity (Wildman–Crippen MR) is 112 cm³/mol. The van der Waals surface area contributed by atoms with Gasteiger partial charge in [0.2, 0.25) is 0 Å². The first-order valence-corrected chi connectivity index (χ1v) is 9.68. The lowest BCUT2D eigenvalue weighted by Crippen LogP contribution is -2.30. The maximum absolute atomic E-state index is 12.8. The van der Waals surface area contributed by atoms with Crippen LogP contribution in [-0.2, 0) is 11.3 Å². The van der Waals surface area contributed by atoms with Gasteiger partial charge in [0.1, 0.15) is 5.70 Å². The van der Waals surface area contributed by atoms with Crippen molar-refractivity contribution >= 4 is 41.2 Å². The van der Waals surface area contributed by atoms with Crippen molar-refractivity contribution in [2.75, 3.05) is 7.11 Å². The van der Waals surface area contributed by atoms with Crippen LogP contribution in [-0.4, -0.2) is 30.1 Å². The van der Waals surface area contributed by atoms with Crippen molar-refractivity contribution in [3.05, 3.63) is 63.3 Å². The van der Waals surface area contributed by atoms with Crippen molar-refractivity contribution in [2.24, 2.45) is 0 Å². The molecule has 0 saturated carbocycles. The molecule has 2 aromatic carbocycles. The molecule has 2 aromatic rings. The Kier molecular flexibility index (Phi) is 6.35. The predicted octanol–water partition coefficient (Wildman–Crippen LogP) is 4.88. The summed E-state index contributed by atoms with van der Waals surface area (Å²) in [5.41, 5.74) is 1.38. The molecule has 0 radical (unpaired) electrons. The van der Waals surface area contributed by atoms with Crippen molar-refractivity contribution in [3.63, 3.8) is 0 Å². The van der Waals surface area contributed by atoms with Gasteiger partial charge in [-0.2, -0.15) is 0 Å². The number of para-hydroxylation sites is 1. The van der Waals surface area contributed by atoms with Gasteiger partial charge >= 0.3 is 6.03 Å². The summed E-state index contributed by atoms with van der Waals surface area (Å²) < 4.78 is 11.2. The fraction of sp³-hybridized carbons (Fsp3) is 0.238. The molecule has 0 spiro atoms. The highest BCUT2D eigenvalue weighted by atomic mass is 35.5. The number of halogens is 2. The Bertz CT molecular complexity index is 989. The lowest BCUT2D eigenvalue weighted by atomic mass is 10.1. The van der Waals surface area contributed by atoms with Crippen LogP contribution in [0.5, 0.6) is 11.5 Å². The van der Waals surface area contributed by atoms with E-state index in [2.05, 4.69) is 5.32 Å². The number of hydrogen-bond acceptors (Lipinski definition) is 4. The minimum atomic E-state index is -0.526. The topological polar surface area (TPSA) is 67.9 Å². The highest BCUT2D eigenvalue weighted by molar-refractivity contribution is 6.35. The highest BCUT2D eigenvalue weighted by Gasteiger charge is 2.34. The van der Waals surface area contributed by atoms with Crippen LogP contribution in [0.15, 0.2) is 42.1 Å². The zero-order valence-corrected chi connectivity index (χ0v) is 17.7. The van der Waals surface area contributed by atoms with E-state index in [1.807, 2.05) is 13.8 Å². The summed E-state index contributed by atoms with van der Waals surface area (Å²) in [6.45, 7) is 3.82. The molecule has 8 heteroatoms. The number of nitrogens with zero attached hydrogens (tertiary/aromatic N) is 1. The van der Waals surface area contributed by atoms with Crippen LogP contribution in [0.4, 0.5) is 4.79 Å². The van der Waals surface area contributed by atoms with Gasteiger partial charge in [0.15, 0.2) is 11.5 Å². The average Bonchev–Trinajstić information content (AvgIpc) is 2.92. The number of ether oxygens (including phenoxy) is 2. The molecule has 3 rings (SSSR count). The zero-order chi connectivity index (χ0) is 21.1. The Balaban J connectivity index is 1.90. The van der Waals surface area contributed by atoms with E-state index in [9.17, 15) is 9.59 Å². The van der Waals surface area contributed by atoms with Crippen molar-refractivity contribution in [1.82, 2.24) is 10.2 Å². The number of nitrogens with one attached hydrogen (secondary N) is 1. The van der Waals surface area contributed by atoms with Crippen molar-refractivity contribution in [2.45, 2.75) is 26.5 Å². The van der Waals surface area contributed by atoms with Gasteiger partial charge in [-0.05, 0) is 43.7 Å². The molecule has 0 bridgehead atoms. The molecule has 0 aliphatic carbocycles. The first-order chi connectivity index (χ1) is 13.8. The normalized spacial score (nSPS) is 15.2. The number of amides is 3. The number of methoxy groups -OCH3 is 1. The summed E-state index contributed by atoms with van der Waals surface area (Å²) in [7, 11) is 1.54. The van der Waals surface area contributed by atoms with Crippen LogP contribution in [0.3, 0.4) is 0 Å². The Hall–Kier alpha value is -2.70. The molecule has 6 nitrogen and oxygen atoms in total. The molecule has 1 N–H and O–H groups in total. The lowest BCUT2D eigenvalue weighted by molar-refractivity contribution is -0.123. The van der Waals surface area contributed by atoms with Gasteiger partial charge in [0, 0.05) is 15.6 Å². The van der Waals surface area contributed by atoms with E-state index in [0.717, 1.165) is 4.90 Å². The molecule has 1 aliphatic rings. The molecule has 152 valence electrons. The van der Waals surface area contributed by atoms with E-state index in [-0.39, 0.29) is 18.3 Å². The van der Waals surface area contributed by atoms with Crippen LogP contribution in [0, 0.1) is 0 Å². The molecule has 0 atom stereocenters. The van der Waals surface area contributed by atoms with E-state index in [1.165, 1.54) is 0 Å². The second-order valence-electron chi connectivity index (χ2n) is 6.66. The number of hydrogen-bond donors (Lipinski definition) is 1. The summed E-state index contributed by atoms with van der Waals surface area (Å²) in [6, 6.07) is 9.72. The molecule has 1 saturated heterocycles. The summed E-state index contributed by atoms with van der Waals surface area (Å²) in [4.78, 5) is 26.3. The van der Waals surface area contributed by atoms with Gasteiger partial charge in [0.25, 0.3) is 5.91 Å². The summed E-state index contributed by atoms with van der Waals surface area (Å²) in [5, 5.41) is 3.47. The van der Waals surface area contributed by atoms with Gasteiger partial charge < -0.3 is 14.8 Å². The number of rotatable bonds is 6. The number of imide groups is 1. The summed E-state index contributed by atoms with van der Waals surface area (Å²) in [5.74, 6) is 0.577. The monoisotopic (exact) mass is 434 g/mol. The largest absolute Gasteiger partial charge is 0.493 e. The fourth-order valence-corrected chi connectivity index (χ4v) is 3.33. The van der Waals surface area contributed by atoms with Crippen LogP contribution in [0.25, 0.3) is 6.08 Å². The SMILES string of the molecule is COc1cccc(/C=C2\NC(=O)N(Cc3ccc(Cl)cc3Cl)C2=O)c1OC(C)C. The highest BCUT2D eigenvalue weighted by Crippen LogP contribution is 2.34. The van der Waals surface area contributed by atoms with Gasteiger partial charge in [-0.3, -0.25) is 9.69 Å². The Morgan fingerprint density at radius 3 is 2.59 bits per heavy atom. The Morgan fingerprint density at radius 2 is 1.93 bits per heavy atom. The summed E-state index contributed by atoms with van der Waals surface area (Å²) in [6.07, 6.45) is 1.48. The second-order valence-corrected chi connectivity index (χ2v) is 7.50. The van der Waals surface area contributed by atoms with Crippen LogP contribution in [0.2, 0.25) is 10.0 Å². The third-order valence-electron chi connectivity index (χ3n) is 4.19. The number of benzene rings is 2. The molecule has 1 heterocycles. The van der Waals surface area contributed by atoms with Gasteiger partial charge in [-0.1, -0.05) is 41.4 Å². The molecular weight excluding hydrogens is 415 g/mol. The van der Waals surface area contributed by atoms with E-state index in [1.54, 1.807) is 49.6 Å². The van der Waals surface area contributed by atoms with E-state index < -0.39 is 11.9 Å². The fourth-order valence-electron chi connectivity index (χ4n) is 2.86. The maximum atomic E-state index is 12.8. The van der Waals surface area contributed by atoms with E-state index in [0.29, 0.717) is 32.7 Å². The number of urea groups is 1. The molecule has 1 aliphatic heterocycles. The van der Waals surface area contributed by atoms with Gasteiger partial charge in [0.05, 0.1) is 19.8 Å². The standard InChI is InChI=1S/C21H20Cl2N2O4/c1-12(2)29-19-13(5-4-6-18(19)28-3)9-17-20(26)25(21(27)24-17)11-14-7-8-15(22)10-16(14)23/h4-10,12H,11H2,1-3H3,(H,24,27)/b17-9-. The van der Waals surface area contributed by atoms with Crippen LogP contribution in [0.1, 0.15) is 25.0 Å². The lowest BCUT2D eigenvalue weighted by Gasteiger charge is -2.16. The molecule has 0 unspecified atom stereocenters. The molecule has 29 heavy (non-hydrogen) atoms. The molecule has 1 fully saturated rings. The zero-order valence-electron chi connectivity index (χ0n) is 16.2. The first kappa shape index (κ1) is 21.0. The minimum Gasteiger partial charge on any atom is -0.493 e. The van der Waals surface area contributed by atoms with Gasteiger partial charge in [-0.15, -0.1) is 0 Å². The van der Waals surface area contributed by atoms with Crippen LogP contribution < -0.4 is 14.8 Å². The molecular formula is C21H20Cl2N2O4. The van der Waals surface area contributed by atoms with E-state index in [4.69, 9.17) is 32.7 Å². The number of carbonyl (C=O) groups excluding carboxylic acids is 2. The third kappa shape index (κ3) is 4.66. The third-order valence-corrected chi connectivity index (χ3v) is 4.78. The van der Waals surface area contributed by atoms with E-state index >= 15 is 0 Å². The quantitative estimate of drug-likeness (QED) is 0.519. The van der Waals surface area contributed by atoms with Crippen LogP contribution >= 0.6 is 23.2 Å². The smallest absolute Gasteiger partial charge is 0.329 e. The minimum absolute atomic E-state index is 0.0332.